The van der Waals surface area contributed by atoms with E-state index in [1.165, 1.54) is 0 Å². The summed E-state index contributed by atoms with van der Waals surface area (Å²) in [5, 5.41) is 2.41. The van der Waals surface area contributed by atoms with Gasteiger partial charge in [0.25, 0.3) is 5.91 Å². The van der Waals surface area contributed by atoms with E-state index in [-0.39, 0.29) is 12.5 Å². The van der Waals surface area contributed by atoms with Gasteiger partial charge in [-0.05, 0) is 19.1 Å². The molecule has 0 bridgehead atoms. The highest BCUT2D eigenvalue weighted by molar-refractivity contribution is 5.96. The summed E-state index contributed by atoms with van der Waals surface area (Å²) in [5.41, 5.74) is 6.43. The number of hydrogen-bond donors (Lipinski definition) is 2. The SMILES string of the molecule is Cc1cccc(C(=O)NCC(N)=O)c1. The predicted molar refractivity (Wildman–Crippen MR) is 52.7 cm³/mol. The normalized spacial score (nSPS) is 9.50. The first-order valence-corrected chi connectivity index (χ1v) is 4.23. The van der Waals surface area contributed by atoms with E-state index in [0.29, 0.717) is 5.56 Å². The van der Waals surface area contributed by atoms with Crippen LogP contribution in [0.15, 0.2) is 24.3 Å². The lowest BCUT2D eigenvalue weighted by Gasteiger charge is -2.02. The summed E-state index contributed by atoms with van der Waals surface area (Å²) in [7, 11) is 0. The lowest BCUT2D eigenvalue weighted by atomic mass is 10.1. The van der Waals surface area contributed by atoms with Crippen LogP contribution in [-0.4, -0.2) is 18.4 Å². The van der Waals surface area contributed by atoms with Gasteiger partial charge in [-0.1, -0.05) is 17.7 Å². The molecule has 1 aromatic rings. The summed E-state index contributed by atoms with van der Waals surface area (Å²) in [6.45, 7) is 1.76. The number of carbonyl (C=O) groups excluding carboxylic acids is 2. The van der Waals surface area contributed by atoms with Crippen molar-refractivity contribution in [3.05, 3.63) is 35.4 Å². The van der Waals surface area contributed by atoms with Crippen molar-refractivity contribution in [2.24, 2.45) is 5.73 Å². The minimum Gasteiger partial charge on any atom is -0.368 e. The highest BCUT2D eigenvalue weighted by atomic mass is 16.2. The Bertz CT molecular complexity index is 361. The van der Waals surface area contributed by atoms with E-state index in [9.17, 15) is 9.59 Å². The van der Waals surface area contributed by atoms with Crippen molar-refractivity contribution in [3.8, 4) is 0 Å². The van der Waals surface area contributed by atoms with Crippen LogP contribution in [0.2, 0.25) is 0 Å². The van der Waals surface area contributed by atoms with Gasteiger partial charge < -0.3 is 11.1 Å². The van der Waals surface area contributed by atoms with Gasteiger partial charge in [-0.3, -0.25) is 9.59 Å². The molecule has 0 heterocycles. The number of amides is 2. The fourth-order valence-corrected chi connectivity index (χ4v) is 1.06. The van der Waals surface area contributed by atoms with E-state index >= 15 is 0 Å². The molecule has 0 radical (unpaired) electrons. The van der Waals surface area contributed by atoms with E-state index in [1.807, 2.05) is 13.0 Å². The largest absolute Gasteiger partial charge is 0.368 e. The zero-order valence-corrected chi connectivity index (χ0v) is 7.91. The second-order valence-corrected chi connectivity index (χ2v) is 3.02. The lowest BCUT2D eigenvalue weighted by Crippen LogP contribution is -2.33. The molecular formula is C10H12N2O2. The minimum absolute atomic E-state index is 0.132. The highest BCUT2D eigenvalue weighted by Crippen LogP contribution is 2.02. The van der Waals surface area contributed by atoms with Crippen LogP contribution in [0, 0.1) is 6.92 Å². The standard InChI is InChI=1S/C10H12N2O2/c1-7-3-2-4-8(5-7)10(14)12-6-9(11)13/h2-5H,6H2,1H3,(H2,11,13)(H,12,14). The number of nitrogens with one attached hydrogen (secondary N) is 1. The Hall–Kier alpha value is -1.84. The molecule has 0 saturated heterocycles. The Balaban J connectivity index is 2.65. The van der Waals surface area contributed by atoms with Gasteiger partial charge in [0.05, 0.1) is 6.54 Å². The first-order valence-electron chi connectivity index (χ1n) is 4.23. The molecule has 74 valence electrons. The summed E-state index contributed by atoms with van der Waals surface area (Å²) in [6.07, 6.45) is 0. The van der Waals surface area contributed by atoms with Gasteiger partial charge in [-0.15, -0.1) is 0 Å². The third-order valence-corrected chi connectivity index (χ3v) is 1.70. The van der Waals surface area contributed by atoms with Crippen LogP contribution >= 0.6 is 0 Å². The molecule has 0 aliphatic carbocycles. The summed E-state index contributed by atoms with van der Waals surface area (Å²) in [4.78, 5) is 21.8. The maximum atomic E-state index is 11.4. The van der Waals surface area contributed by atoms with Gasteiger partial charge in [0.1, 0.15) is 0 Å². The van der Waals surface area contributed by atoms with Crippen LogP contribution in [0.4, 0.5) is 0 Å². The van der Waals surface area contributed by atoms with Crippen LogP contribution in [0.3, 0.4) is 0 Å². The summed E-state index contributed by atoms with van der Waals surface area (Å²) >= 11 is 0. The topological polar surface area (TPSA) is 72.2 Å². The minimum atomic E-state index is -0.550. The number of hydrogen-bond acceptors (Lipinski definition) is 2. The van der Waals surface area contributed by atoms with Gasteiger partial charge in [-0.2, -0.15) is 0 Å². The van der Waals surface area contributed by atoms with Gasteiger partial charge in [0.15, 0.2) is 0 Å². The van der Waals surface area contributed by atoms with Gasteiger partial charge >= 0.3 is 0 Å². The Morgan fingerprint density at radius 2 is 2.14 bits per heavy atom. The average molecular weight is 192 g/mol. The van der Waals surface area contributed by atoms with Crippen molar-refractivity contribution in [1.82, 2.24) is 5.32 Å². The van der Waals surface area contributed by atoms with Gasteiger partial charge in [0, 0.05) is 5.56 Å². The molecule has 0 aliphatic rings. The van der Waals surface area contributed by atoms with E-state index in [2.05, 4.69) is 5.32 Å². The molecular weight excluding hydrogens is 180 g/mol. The smallest absolute Gasteiger partial charge is 0.251 e. The first-order chi connectivity index (χ1) is 6.59. The van der Waals surface area contributed by atoms with Crippen LogP contribution < -0.4 is 11.1 Å². The molecule has 0 aromatic heterocycles. The highest BCUT2D eigenvalue weighted by Gasteiger charge is 2.05. The monoisotopic (exact) mass is 192 g/mol. The molecule has 0 atom stereocenters. The Kier molecular flexibility index (Phi) is 3.23. The van der Waals surface area contributed by atoms with E-state index in [1.54, 1.807) is 18.2 Å². The molecule has 1 rings (SSSR count). The molecule has 14 heavy (non-hydrogen) atoms. The first kappa shape index (κ1) is 10.2. The molecule has 2 amide bonds. The average Bonchev–Trinajstić information content (AvgIpc) is 2.14. The zero-order chi connectivity index (χ0) is 10.6. The fraction of sp³-hybridized carbons (Fsp3) is 0.200. The molecule has 0 aliphatic heterocycles. The van der Waals surface area contributed by atoms with E-state index in [4.69, 9.17) is 5.73 Å². The van der Waals surface area contributed by atoms with Crippen molar-refractivity contribution < 1.29 is 9.59 Å². The van der Waals surface area contributed by atoms with Crippen LogP contribution in [0.25, 0.3) is 0 Å². The second kappa shape index (κ2) is 4.41. The fourth-order valence-electron chi connectivity index (χ4n) is 1.06. The maximum absolute atomic E-state index is 11.4. The molecule has 0 spiro atoms. The summed E-state index contributed by atoms with van der Waals surface area (Å²) < 4.78 is 0. The predicted octanol–water partition coefficient (Wildman–Crippen LogP) is 0.210. The molecule has 3 N–H and O–H groups in total. The van der Waals surface area contributed by atoms with Crippen molar-refractivity contribution in [2.75, 3.05) is 6.54 Å². The number of benzene rings is 1. The number of aryl methyl sites for hydroxylation is 1. The van der Waals surface area contributed by atoms with Gasteiger partial charge in [0.2, 0.25) is 5.91 Å². The summed E-state index contributed by atoms with van der Waals surface area (Å²) in [6, 6.07) is 7.11. The number of carbonyl (C=O) groups is 2. The number of rotatable bonds is 3. The lowest BCUT2D eigenvalue weighted by molar-refractivity contribution is -0.117. The van der Waals surface area contributed by atoms with Crippen LogP contribution in [0.5, 0.6) is 0 Å². The van der Waals surface area contributed by atoms with Crippen molar-refractivity contribution in [2.45, 2.75) is 6.92 Å². The molecule has 0 unspecified atom stereocenters. The van der Waals surface area contributed by atoms with E-state index < -0.39 is 5.91 Å². The van der Waals surface area contributed by atoms with Crippen molar-refractivity contribution in [3.63, 3.8) is 0 Å². The van der Waals surface area contributed by atoms with Gasteiger partial charge in [-0.25, -0.2) is 0 Å². The summed E-state index contributed by atoms with van der Waals surface area (Å²) in [5.74, 6) is -0.835. The Morgan fingerprint density at radius 1 is 1.43 bits per heavy atom. The number of primary amides is 1. The molecule has 0 fully saturated rings. The number of nitrogens with two attached hydrogens (primary N) is 1. The second-order valence-electron chi connectivity index (χ2n) is 3.02. The molecule has 0 saturated carbocycles. The quantitative estimate of drug-likeness (QED) is 0.718. The van der Waals surface area contributed by atoms with Crippen LogP contribution in [0.1, 0.15) is 15.9 Å². The molecule has 1 aromatic carbocycles. The molecule has 4 nitrogen and oxygen atoms in total. The van der Waals surface area contributed by atoms with Crippen LogP contribution in [-0.2, 0) is 4.79 Å². The van der Waals surface area contributed by atoms with Crippen molar-refractivity contribution >= 4 is 11.8 Å². The van der Waals surface area contributed by atoms with E-state index in [0.717, 1.165) is 5.56 Å². The Morgan fingerprint density at radius 3 is 2.71 bits per heavy atom. The Labute approximate surface area is 82.1 Å². The van der Waals surface area contributed by atoms with Crippen molar-refractivity contribution in [1.29, 1.82) is 0 Å². The zero-order valence-electron chi connectivity index (χ0n) is 7.91. The molecule has 4 heteroatoms. The maximum Gasteiger partial charge on any atom is 0.251 e. The third-order valence-electron chi connectivity index (χ3n) is 1.70. The third kappa shape index (κ3) is 2.90.